The molecule has 5 unspecified atom stereocenters. The number of nitrogens with zero attached hydrogens (tertiary/aromatic N) is 4. The van der Waals surface area contributed by atoms with Crippen molar-refractivity contribution in [2.75, 3.05) is 31.7 Å². The summed E-state index contributed by atoms with van der Waals surface area (Å²) in [5.74, 6) is 0.565. The number of aromatic nitrogens is 4. The minimum atomic E-state index is -1.25. The molecule has 2 aliphatic heterocycles. The van der Waals surface area contributed by atoms with Gasteiger partial charge in [0.25, 0.3) is 0 Å². The molecule has 5 atom stereocenters. The summed E-state index contributed by atoms with van der Waals surface area (Å²) in [4.78, 5) is 24.5. The Hall–Kier alpha value is -2.54. The van der Waals surface area contributed by atoms with Gasteiger partial charge >= 0.3 is 6.09 Å². The highest BCUT2D eigenvalue weighted by Crippen LogP contribution is 2.32. The second kappa shape index (κ2) is 9.08. The molecule has 2 fully saturated rings. The summed E-state index contributed by atoms with van der Waals surface area (Å²) in [6, 6.07) is 0.142. The van der Waals surface area contributed by atoms with Crippen molar-refractivity contribution in [2.24, 2.45) is 0 Å². The first-order chi connectivity index (χ1) is 14.6. The van der Waals surface area contributed by atoms with Gasteiger partial charge < -0.3 is 35.1 Å². The van der Waals surface area contributed by atoms with Crippen molar-refractivity contribution in [1.82, 2.24) is 24.8 Å². The Morgan fingerprint density at radius 2 is 2.20 bits per heavy atom. The van der Waals surface area contributed by atoms with E-state index in [-0.39, 0.29) is 12.6 Å². The maximum absolute atomic E-state index is 11.6. The van der Waals surface area contributed by atoms with Crippen LogP contribution in [0.15, 0.2) is 12.7 Å². The second-order valence-electron chi connectivity index (χ2n) is 7.32. The predicted octanol–water partition coefficient (Wildman–Crippen LogP) is -0.217. The topological polar surface area (TPSA) is 153 Å². The highest BCUT2D eigenvalue weighted by atomic mass is 16.6. The number of fused-ring (bicyclic) bond motifs is 1. The molecular weight excluding hydrogens is 396 g/mol. The van der Waals surface area contributed by atoms with Crippen LogP contribution in [0.3, 0.4) is 0 Å². The average molecular weight is 422 g/mol. The minimum absolute atomic E-state index is 0.142. The number of anilines is 1. The van der Waals surface area contributed by atoms with Crippen molar-refractivity contribution >= 4 is 23.1 Å². The summed E-state index contributed by atoms with van der Waals surface area (Å²) in [7, 11) is 0. The number of amides is 1. The molecule has 0 aliphatic carbocycles. The molecule has 4 heterocycles. The number of carbonyl (C=O) groups excluding carboxylic acids is 1. The lowest BCUT2D eigenvalue weighted by Gasteiger charge is -2.17. The Labute approximate surface area is 172 Å². The molecule has 4 rings (SSSR count). The van der Waals surface area contributed by atoms with Gasteiger partial charge in [0, 0.05) is 13.2 Å². The number of hydrogen-bond donors (Lipinski definition) is 4. The van der Waals surface area contributed by atoms with Crippen LogP contribution >= 0.6 is 0 Å². The summed E-state index contributed by atoms with van der Waals surface area (Å²) in [5, 5.41) is 26.7. The minimum Gasteiger partial charge on any atom is -0.447 e. The van der Waals surface area contributed by atoms with E-state index in [1.54, 1.807) is 4.57 Å². The summed E-state index contributed by atoms with van der Waals surface area (Å²) < 4.78 is 17.8. The van der Waals surface area contributed by atoms with Gasteiger partial charge in [-0.25, -0.2) is 19.7 Å². The number of hydrogen-bond acceptors (Lipinski definition) is 10. The van der Waals surface area contributed by atoms with E-state index in [4.69, 9.17) is 14.2 Å². The fraction of sp³-hybridized carbons (Fsp3) is 0.667. The Bertz CT molecular complexity index is 872. The number of alkyl carbamates (subject to hydrolysis) is 1. The number of rotatable bonds is 7. The Kier molecular flexibility index (Phi) is 6.27. The lowest BCUT2D eigenvalue weighted by atomic mass is 10.1. The van der Waals surface area contributed by atoms with E-state index in [0.717, 1.165) is 12.8 Å². The summed E-state index contributed by atoms with van der Waals surface area (Å²) >= 11 is 0. The number of nitrogens with one attached hydrogen (secondary N) is 2. The normalized spacial score (nSPS) is 28.7. The Morgan fingerprint density at radius 3 is 2.97 bits per heavy atom. The van der Waals surface area contributed by atoms with Gasteiger partial charge in [-0.3, -0.25) is 4.57 Å². The molecule has 0 spiro atoms. The molecule has 0 radical (unpaired) electrons. The second-order valence-corrected chi connectivity index (χ2v) is 7.32. The van der Waals surface area contributed by atoms with Gasteiger partial charge in [0.2, 0.25) is 0 Å². The fourth-order valence-electron chi connectivity index (χ4n) is 3.52. The van der Waals surface area contributed by atoms with Gasteiger partial charge in [-0.05, 0) is 12.8 Å². The molecule has 12 heteroatoms. The summed E-state index contributed by atoms with van der Waals surface area (Å²) in [5.41, 5.74) is 0.971. The van der Waals surface area contributed by atoms with E-state index >= 15 is 0 Å². The number of aliphatic hydroxyl groups is 2. The van der Waals surface area contributed by atoms with E-state index in [0.29, 0.717) is 36.7 Å². The molecule has 1 amide bonds. The molecule has 30 heavy (non-hydrogen) atoms. The van der Waals surface area contributed by atoms with Crippen molar-refractivity contribution in [3.8, 4) is 0 Å². The molecule has 12 nitrogen and oxygen atoms in total. The van der Waals surface area contributed by atoms with Crippen LogP contribution in [0.5, 0.6) is 0 Å². The van der Waals surface area contributed by atoms with Gasteiger partial charge in [-0.2, -0.15) is 0 Å². The largest absolute Gasteiger partial charge is 0.447 e. The third kappa shape index (κ3) is 4.17. The lowest BCUT2D eigenvalue weighted by molar-refractivity contribution is -0.0533. The zero-order chi connectivity index (χ0) is 21.1. The third-order valence-corrected chi connectivity index (χ3v) is 5.14. The van der Waals surface area contributed by atoms with Crippen LogP contribution in [0.25, 0.3) is 11.2 Å². The standard InChI is InChI=1S/C18H26N6O6/c1-2-4-19-18(27)29-7-11-13(25)14(26)17(30-11)24-9-22-12-15(20-8-21-16(12)24)23-10-3-5-28-6-10/h8-11,13-14,17,25-26H,2-7H2,1H3,(H,19,27)(H,20,21,23). The van der Waals surface area contributed by atoms with E-state index in [1.165, 1.54) is 12.7 Å². The van der Waals surface area contributed by atoms with Crippen LogP contribution in [0.4, 0.5) is 10.6 Å². The Morgan fingerprint density at radius 1 is 1.33 bits per heavy atom. The lowest BCUT2D eigenvalue weighted by Crippen LogP contribution is -2.36. The van der Waals surface area contributed by atoms with E-state index in [2.05, 4.69) is 25.6 Å². The quantitative estimate of drug-likeness (QED) is 0.471. The van der Waals surface area contributed by atoms with Gasteiger partial charge in [0.15, 0.2) is 23.2 Å². The van der Waals surface area contributed by atoms with E-state index in [1.807, 2.05) is 6.92 Å². The molecule has 0 saturated carbocycles. The van der Waals surface area contributed by atoms with Crippen molar-refractivity contribution in [3.05, 3.63) is 12.7 Å². The molecule has 164 valence electrons. The van der Waals surface area contributed by atoms with Crippen LogP contribution in [-0.2, 0) is 14.2 Å². The number of carbonyl (C=O) groups is 1. The molecule has 2 aliphatic rings. The number of aliphatic hydroxyl groups excluding tert-OH is 2. The monoisotopic (exact) mass is 422 g/mol. The smallest absolute Gasteiger partial charge is 0.407 e. The molecule has 2 aromatic rings. The van der Waals surface area contributed by atoms with Crippen molar-refractivity contribution in [3.63, 3.8) is 0 Å². The zero-order valence-electron chi connectivity index (χ0n) is 16.6. The zero-order valence-corrected chi connectivity index (χ0v) is 16.6. The average Bonchev–Trinajstić information content (AvgIpc) is 3.47. The first-order valence-corrected chi connectivity index (χ1v) is 10.0. The van der Waals surface area contributed by atoms with Gasteiger partial charge in [-0.1, -0.05) is 6.92 Å². The molecule has 2 saturated heterocycles. The molecule has 4 N–H and O–H groups in total. The molecular formula is C18H26N6O6. The maximum atomic E-state index is 11.6. The SMILES string of the molecule is CCCNC(=O)OCC1OC(n2cnc3c(NC4CCOC4)ncnc32)C(O)C1O. The fourth-order valence-corrected chi connectivity index (χ4v) is 3.52. The molecule has 0 bridgehead atoms. The van der Waals surface area contributed by atoms with Crippen LogP contribution in [0.1, 0.15) is 26.0 Å². The molecule has 0 aromatic carbocycles. The van der Waals surface area contributed by atoms with Crippen LogP contribution in [0, 0.1) is 0 Å². The van der Waals surface area contributed by atoms with Gasteiger partial charge in [-0.15, -0.1) is 0 Å². The summed E-state index contributed by atoms with van der Waals surface area (Å²) in [6.07, 6.45) is -0.374. The Balaban J connectivity index is 1.47. The van der Waals surface area contributed by atoms with Gasteiger partial charge in [0.1, 0.15) is 31.2 Å². The van der Waals surface area contributed by atoms with Crippen LogP contribution < -0.4 is 10.6 Å². The van der Waals surface area contributed by atoms with Crippen molar-refractivity contribution in [2.45, 2.75) is 50.3 Å². The van der Waals surface area contributed by atoms with E-state index in [9.17, 15) is 15.0 Å². The first-order valence-electron chi connectivity index (χ1n) is 10.0. The maximum Gasteiger partial charge on any atom is 0.407 e. The number of imidazole rings is 1. The number of ether oxygens (including phenoxy) is 3. The first kappa shape index (κ1) is 20.7. The summed E-state index contributed by atoms with van der Waals surface area (Å²) in [6.45, 7) is 3.51. The van der Waals surface area contributed by atoms with E-state index < -0.39 is 30.6 Å². The van der Waals surface area contributed by atoms with Crippen molar-refractivity contribution in [1.29, 1.82) is 0 Å². The molecule has 2 aromatic heterocycles. The highest BCUT2D eigenvalue weighted by Gasteiger charge is 2.45. The third-order valence-electron chi connectivity index (χ3n) is 5.14. The predicted molar refractivity (Wildman–Crippen MR) is 104 cm³/mol. The van der Waals surface area contributed by atoms with Crippen LogP contribution in [0.2, 0.25) is 0 Å². The van der Waals surface area contributed by atoms with Gasteiger partial charge in [0.05, 0.1) is 19.0 Å². The van der Waals surface area contributed by atoms with Crippen molar-refractivity contribution < 1.29 is 29.2 Å². The van der Waals surface area contributed by atoms with Crippen LogP contribution in [-0.4, -0.2) is 86.5 Å². The highest BCUT2D eigenvalue weighted by molar-refractivity contribution is 5.82.